The van der Waals surface area contributed by atoms with Crippen LogP contribution >= 0.6 is 0 Å². The van der Waals surface area contributed by atoms with Gasteiger partial charge < -0.3 is 24.1 Å². The molecule has 5 nitrogen and oxygen atoms in total. The minimum Gasteiger partial charge on any atom is -0.486 e. The molecule has 1 heterocycles. The molecule has 2 rings (SSSR count). The number of aliphatic hydroxyl groups is 1. The van der Waals surface area contributed by atoms with Crippen molar-refractivity contribution < 1.29 is 24.1 Å². The maximum absolute atomic E-state index is 10.0. The van der Waals surface area contributed by atoms with Crippen LogP contribution in [0.5, 0.6) is 11.5 Å². The Balaban J connectivity index is 1.83. The molecule has 1 aromatic carbocycles. The van der Waals surface area contributed by atoms with Crippen LogP contribution in [0.4, 0.5) is 0 Å². The summed E-state index contributed by atoms with van der Waals surface area (Å²) < 4.78 is 21.4. The van der Waals surface area contributed by atoms with Crippen molar-refractivity contribution in [2.24, 2.45) is 0 Å². The molecule has 0 bridgehead atoms. The van der Waals surface area contributed by atoms with E-state index >= 15 is 0 Å². The van der Waals surface area contributed by atoms with Gasteiger partial charge in [-0.1, -0.05) is 6.07 Å². The Morgan fingerprint density at radius 2 is 1.89 bits per heavy atom. The van der Waals surface area contributed by atoms with Gasteiger partial charge in [0.2, 0.25) is 0 Å². The number of ether oxygens (including phenoxy) is 4. The predicted molar refractivity (Wildman–Crippen MR) is 69.7 cm³/mol. The first-order valence-electron chi connectivity index (χ1n) is 6.54. The number of benzene rings is 1. The molecule has 1 aliphatic rings. The van der Waals surface area contributed by atoms with Crippen LogP contribution in [0.2, 0.25) is 0 Å². The molecule has 0 spiro atoms. The van der Waals surface area contributed by atoms with Crippen LogP contribution < -0.4 is 9.47 Å². The monoisotopic (exact) mass is 268 g/mol. The van der Waals surface area contributed by atoms with Crippen molar-refractivity contribution in [1.82, 2.24) is 0 Å². The molecule has 1 unspecified atom stereocenters. The SMILES string of the molecule is CCOCCOCC(O)c1ccc2c(c1)OCCO2. The van der Waals surface area contributed by atoms with E-state index in [1.165, 1.54) is 0 Å². The number of hydrogen-bond acceptors (Lipinski definition) is 5. The normalized spacial score (nSPS) is 15.3. The summed E-state index contributed by atoms with van der Waals surface area (Å²) in [5, 5.41) is 10.0. The van der Waals surface area contributed by atoms with Crippen LogP contribution in [-0.2, 0) is 9.47 Å². The Morgan fingerprint density at radius 1 is 1.16 bits per heavy atom. The van der Waals surface area contributed by atoms with E-state index in [9.17, 15) is 5.11 Å². The number of hydrogen-bond donors (Lipinski definition) is 1. The molecule has 0 aliphatic carbocycles. The van der Waals surface area contributed by atoms with Crippen molar-refractivity contribution in [2.75, 3.05) is 39.6 Å². The third-order valence-corrected chi connectivity index (χ3v) is 2.80. The maximum Gasteiger partial charge on any atom is 0.161 e. The van der Waals surface area contributed by atoms with E-state index in [1.54, 1.807) is 6.07 Å². The minimum absolute atomic E-state index is 0.243. The van der Waals surface area contributed by atoms with E-state index in [0.717, 1.165) is 11.3 Å². The largest absolute Gasteiger partial charge is 0.486 e. The molecule has 5 heteroatoms. The van der Waals surface area contributed by atoms with Crippen molar-refractivity contribution in [3.05, 3.63) is 23.8 Å². The van der Waals surface area contributed by atoms with Gasteiger partial charge in [0.25, 0.3) is 0 Å². The second-order valence-corrected chi connectivity index (χ2v) is 4.19. The number of fused-ring (bicyclic) bond motifs is 1. The standard InChI is InChI=1S/C14H20O5/c1-2-16-5-6-17-10-12(15)11-3-4-13-14(9-11)19-8-7-18-13/h3-4,9,12,15H,2,5-8,10H2,1H3. The van der Waals surface area contributed by atoms with Gasteiger partial charge in [-0.3, -0.25) is 0 Å². The third-order valence-electron chi connectivity index (χ3n) is 2.80. The Labute approximate surface area is 113 Å². The van der Waals surface area contributed by atoms with Crippen molar-refractivity contribution in [3.8, 4) is 11.5 Å². The fourth-order valence-corrected chi connectivity index (χ4v) is 1.82. The van der Waals surface area contributed by atoms with Gasteiger partial charge in [-0.15, -0.1) is 0 Å². The third kappa shape index (κ3) is 4.09. The zero-order valence-corrected chi connectivity index (χ0v) is 11.1. The molecule has 0 aromatic heterocycles. The first-order valence-corrected chi connectivity index (χ1v) is 6.54. The summed E-state index contributed by atoms with van der Waals surface area (Å²) in [5.41, 5.74) is 0.764. The summed E-state index contributed by atoms with van der Waals surface area (Å²) in [6.45, 7) is 4.98. The highest BCUT2D eigenvalue weighted by atomic mass is 16.6. The van der Waals surface area contributed by atoms with Gasteiger partial charge in [0.1, 0.15) is 19.3 Å². The van der Waals surface area contributed by atoms with E-state index < -0.39 is 6.10 Å². The van der Waals surface area contributed by atoms with Gasteiger partial charge in [0.05, 0.1) is 19.8 Å². The molecule has 1 N–H and O–H groups in total. The van der Waals surface area contributed by atoms with E-state index in [0.29, 0.717) is 38.8 Å². The first kappa shape index (κ1) is 14.1. The van der Waals surface area contributed by atoms with Crippen LogP contribution in [-0.4, -0.2) is 44.7 Å². The Morgan fingerprint density at radius 3 is 2.68 bits per heavy atom. The predicted octanol–water partition coefficient (Wildman–Crippen LogP) is 1.54. The first-order chi connectivity index (χ1) is 9.31. The van der Waals surface area contributed by atoms with Gasteiger partial charge in [-0.2, -0.15) is 0 Å². The Bertz CT molecular complexity index is 393. The summed E-state index contributed by atoms with van der Waals surface area (Å²) in [7, 11) is 0. The highest BCUT2D eigenvalue weighted by Gasteiger charge is 2.15. The molecule has 0 radical (unpaired) electrons. The molecular weight excluding hydrogens is 248 g/mol. The maximum atomic E-state index is 10.0. The number of aliphatic hydroxyl groups excluding tert-OH is 1. The van der Waals surface area contributed by atoms with E-state index in [1.807, 2.05) is 19.1 Å². The lowest BCUT2D eigenvalue weighted by Crippen LogP contribution is -2.16. The van der Waals surface area contributed by atoms with Crippen molar-refractivity contribution in [3.63, 3.8) is 0 Å². The van der Waals surface area contributed by atoms with Crippen LogP contribution in [0.3, 0.4) is 0 Å². The lowest BCUT2D eigenvalue weighted by Gasteiger charge is -2.20. The number of rotatable bonds is 7. The van der Waals surface area contributed by atoms with Gasteiger partial charge in [-0.25, -0.2) is 0 Å². The van der Waals surface area contributed by atoms with Crippen LogP contribution in [0.15, 0.2) is 18.2 Å². The summed E-state index contributed by atoms with van der Waals surface area (Å²) in [5.74, 6) is 1.40. The van der Waals surface area contributed by atoms with Crippen molar-refractivity contribution >= 4 is 0 Å². The summed E-state index contributed by atoms with van der Waals surface area (Å²) in [6, 6.07) is 5.43. The highest BCUT2D eigenvalue weighted by Crippen LogP contribution is 2.32. The van der Waals surface area contributed by atoms with E-state index in [4.69, 9.17) is 18.9 Å². The fraction of sp³-hybridized carbons (Fsp3) is 0.571. The zero-order valence-electron chi connectivity index (χ0n) is 11.1. The van der Waals surface area contributed by atoms with Gasteiger partial charge in [0, 0.05) is 6.61 Å². The van der Waals surface area contributed by atoms with Gasteiger partial charge >= 0.3 is 0 Å². The average molecular weight is 268 g/mol. The van der Waals surface area contributed by atoms with Crippen LogP contribution in [0.25, 0.3) is 0 Å². The van der Waals surface area contributed by atoms with Crippen LogP contribution in [0.1, 0.15) is 18.6 Å². The van der Waals surface area contributed by atoms with Crippen molar-refractivity contribution in [2.45, 2.75) is 13.0 Å². The molecule has 0 amide bonds. The quantitative estimate of drug-likeness (QED) is 0.760. The van der Waals surface area contributed by atoms with Crippen molar-refractivity contribution in [1.29, 1.82) is 0 Å². The zero-order chi connectivity index (χ0) is 13.5. The van der Waals surface area contributed by atoms with Gasteiger partial charge in [0.15, 0.2) is 11.5 Å². The Kier molecular flexibility index (Phi) is 5.44. The molecule has 0 saturated carbocycles. The van der Waals surface area contributed by atoms with Crippen LogP contribution in [0, 0.1) is 0 Å². The topological polar surface area (TPSA) is 57.2 Å². The summed E-state index contributed by atoms with van der Waals surface area (Å²) in [6.07, 6.45) is -0.669. The lowest BCUT2D eigenvalue weighted by atomic mass is 10.1. The van der Waals surface area contributed by atoms with E-state index in [-0.39, 0.29) is 6.61 Å². The summed E-state index contributed by atoms with van der Waals surface area (Å²) >= 11 is 0. The Hall–Kier alpha value is -1.30. The molecule has 1 aliphatic heterocycles. The molecule has 1 aromatic rings. The minimum atomic E-state index is -0.669. The fourth-order valence-electron chi connectivity index (χ4n) is 1.82. The molecule has 0 fully saturated rings. The summed E-state index contributed by atoms with van der Waals surface area (Å²) in [4.78, 5) is 0. The molecular formula is C14H20O5. The molecule has 1 atom stereocenters. The average Bonchev–Trinajstić information content (AvgIpc) is 2.46. The highest BCUT2D eigenvalue weighted by molar-refractivity contribution is 5.44. The molecule has 0 saturated heterocycles. The smallest absolute Gasteiger partial charge is 0.161 e. The van der Waals surface area contributed by atoms with Gasteiger partial charge in [-0.05, 0) is 24.6 Å². The lowest BCUT2D eigenvalue weighted by molar-refractivity contribution is 0.00517. The second-order valence-electron chi connectivity index (χ2n) is 4.19. The van der Waals surface area contributed by atoms with E-state index in [2.05, 4.69) is 0 Å². The molecule has 106 valence electrons. The molecule has 19 heavy (non-hydrogen) atoms. The second kappa shape index (κ2) is 7.33.